The maximum atomic E-state index is 5.33. The van der Waals surface area contributed by atoms with Crippen molar-refractivity contribution in [3.8, 4) is 5.75 Å². The number of anilines is 3. The van der Waals surface area contributed by atoms with Gasteiger partial charge >= 0.3 is 0 Å². The smallest absolute Gasteiger partial charge is 0.229 e. The van der Waals surface area contributed by atoms with Crippen LogP contribution in [0.2, 0.25) is 0 Å². The van der Waals surface area contributed by atoms with Crippen LogP contribution in [0, 0.1) is 6.92 Å². The molecule has 0 aliphatic carbocycles. The van der Waals surface area contributed by atoms with Gasteiger partial charge in [-0.1, -0.05) is 42.0 Å². The SMILES string of the molecule is COc1ccccc1Nc1nccc(NCc2cccc(C)c2)n1. The molecule has 0 spiro atoms. The van der Waals surface area contributed by atoms with E-state index >= 15 is 0 Å². The second-order valence-corrected chi connectivity index (χ2v) is 5.43. The van der Waals surface area contributed by atoms with E-state index in [1.165, 1.54) is 11.1 Å². The van der Waals surface area contributed by atoms with E-state index < -0.39 is 0 Å². The van der Waals surface area contributed by atoms with E-state index in [1.54, 1.807) is 13.3 Å². The average Bonchev–Trinajstić information content (AvgIpc) is 2.61. The Morgan fingerprint density at radius 3 is 2.75 bits per heavy atom. The van der Waals surface area contributed by atoms with E-state index in [0.717, 1.165) is 17.3 Å². The number of nitrogens with zero attached hydrogens (tertiary/aromatic N) is 2. The lowest BCUT2D eigenvalue weighted by molar-refractivity contribution is 0.417. The highest BCUT2D eigenvalue weighted by Crippen LogP contribution is 2.25. The molecule has 2 aromatic carbocycles. The Bertz CT molecular complexity index is 820. The molecule has 0 fully saturated rings. The highest BCUT2D eigenvalue weighted by molar-refractivity contribution is 5.62. The summed E-state index contributed by atoms with van der Waals surface area (Å²) in [6.07, 6.45) is 1.73. The Morgan fingerprint density at radius 2 is 1.92 bits per heavy atom. The van der Waals surface area contributed by atoms with Crippen LogP contribution in [0.4, 0.5) is 17.5 Å². The quantitative estimate of drug-likeness (QED) is 0.714. The number of benzene rings is 2. The van der Waals surface area contributed by atoms with Crippen LogP contribution in [0.3, 0.4) is 0 Å². The number of hydrogen-bond donors (Lipinski definition) is 2. The van der Waals surface area contributed by atoms with Crippen molar-refractivity contribution in [3.05, 3.63) is 71.9 Å². The zero-order chi connectivity index (χ0) is 16.8. The number of aromatic nitrogens is 2. The second kappa shape index (κ2) is 7.46. The molecule has 2 N–H and O–H groups in total. The summed E-state index contributed by atoms with van der Waals surface area (Å²) in [7, 11) is 1.64. The van der Waals surface area contributed by atoms with E-state index in [-0.39, 0.29) is 0 Å². The van der Waals surface area contributed by atoms with Crippen molar-refractivity contribution in [2.24, 2.45) is 0 Å². The number of rotatable bonds is 6. The van der Waals surface area contributed by atoms with Crippen LogP contribution in [0.5, 0.6) is 5.75 Å². The van der Waals surface area contributed by atoms with Crippen LogP contribution < -0.4 is 15.4 Å². The number of methoxy groups -OCH3 is 1. The summed E-state index contributed by atoms with van der Waals surface area (Å²) in [5, 5.41) is 6.50. The Kier molecular flexibility index (Phi) is 4.91. The topological polar surface area (TPSA) is 59.1 Å². The zero-order valence-corrected chi connectivity index (χ0v) is 13.8. The van der Waals surface area contributed by atoms with E-state index in [4.69, 9.17) is 4.74 Å². The van der Waals surface area contributed by atoms with Gasteiger partial charge in [0.1, 0.15) is 11.6 Å². The predicted molar refractivity (Wildman–Crippen MR) is 96.8 cm³/mol. The van der Waals surface area contributed by atoms with E-state index in [2.05, 4.69) is 51.8 Å². The van der Waals surface area contributed by atoms with Crippen molar-refractivity contribution in [2.75, 3.05) is 17.7 Å². The van der Waals surface area contributed by atoms with Gasteiger partial charge in [0.25, 0.3) is 0 Å². The van der Waals surface area contributed by atoms with Crippen LogP contribution in [0.25, 0.3) is 0 Å². The molecule has 0 unspecified atom stereocenters. The first-order valence-electron chi connectivity index (χ1n) is 7.77. The van der Waals surface area contributed by atoms with Crippen molar-refractivity contribution in [1.82, 2.24) is 9.97 Å². The zero-order valence-electron chi connectivity index (χ0n) is 13.8. The molecule has 0 saturated heterocycles. The van der Waals surface area contributed by atoms with Crippen LogP contribution >= 0.6 is 0 Å². The minimum absolute atomic E-state index is 0.522. The number of nitrogens with one attached hydrogen (secondary N) is 2. The number of aryl methyl sites for hydroxylation is 1. The summed E-state index contributed by atoms with van der Waals surface area (Å²) >= 11 is 0. The van der Waals surface area contributed by atoms with Crippen LogP contribution in [-0.2, 0) is 6.54 Å². The second-order valence-electron chi connectivity index (χ2n) is 5.43. The van der Waals surface area contributed by atoms with Gasteiger partial charge in [-0.15, -0.1) is 0 Å². The Balaban J connectivity index is 1.70. The molecule has 3 rings (SSSR count). The minimum atomic E-state index is 0.522. The molecule has 3 aromatic rings. The molecule has 0 amide bonds. The summed E-state index contributed by atoms with van der Waals surface area (Å²) < 4.78 is 5.33. The minimum Gasteiger partial charge on any atom is -0.495 e. The third-order valence-electron chi connectivity index (χ3n) is 3.57. The summed E-state index contributed by atoms with van der Waals surface area (Å²) in [6.45, 7) is 2.80. The first kappa shape index (κ1) is 15.8. The molecule has 24 heavy (non-hydrogen) atoms. The third-order valence-corrected chi connectivity index (χ3v) is 3.57. The summed E-state index contributed by atoms with van der Waals surface area (Å²) in [5.41, 5.74) is 3.29. The number of hydrogen-bond acceptors (Lipinski definition) is 5. The fourth-order valence-corrected chi connectivity index (χ4v) is 2.40. The molecular formula is C19H20N4O. The van der Waals surface area contributed by atoms with Crippen LogP contribution in [0.1, 0.15) is 11.1 Å². The van der Waals surface area contributed by atoms with Gasteiger partial charge in [-0.2, -0.15) is 4.98 Å². The largest absolute Gasteiger partial charge is 0.495 e. The molecule has 0 atom stereocenters. The molecule has 0 bridgehead atoms. The van der Waals surface area contributed by atoms with E-state index in [0.29, 0.717) is 12.5 Å². The van der Waals surface area contributed by atoms with Crippen molar-refractivity contribution in [1.29, 1.82) is 0 Å². The molecule has 5 nitrogen and oxygen atoms in total. The Morgan fingerprint density at radius 1 is 1.04 bits per heavy atom. The molecule has 0 radical (unpaired) electrons. The number of ether oxygens (including phenoxy) is 1. The molecule has 0 aliphatic heterocycles. The van der Waals surface area contributed by atoms with Gasteiger partial charge in [0.05, 0.1) is 12.8 Å². The standard InChI is InChI=1S/C19H20N4O/c1-14-6-5-7-15(12-14)13-21-18-10-11-20-19(23-18)22-16-8-3-4-9-17(16)24-2/h3-12H,13H2,1-2H3,(H2,20,21,22,23). The molecule has 0 aliphatic rings. The van der Waals surface area contributed by atoms with Crippen LogP contribution in [-0.4, -0.2) is 17.1 Å². The summed E-state index contributed by atoms with van der Waals surface area (Å²) in [5.74, 6) is 2.04. The monoisotopic (exact) mass is 320 g/mol. The van der Waals surface area contributed by atoms with Crippen molar-refractivity contribution in [2.45, 2.75) is 13.5 Å². The average molecular weight is 320 g/mol. The maximum Gasteiger partial charge on any atom is 0.229 e. The van der Waals surface area contributed by atoms with Gasteiger partial charge in [0.2, 0.25) is 5.95 Å². The third kappa shape index (κ3) is 4.01. The van der Waals surface area contributed by atoms with Gasteiger partial charge in [0.15, 0.2) is 0 Å². The van der Waals surface area contributed by atoms with Gasteiger partial charge in [-0.05, 0) is 30.7 Å². The van der Waals surface area contributed by atoms with Crippen molar-refractivity contribution in [3.63, 3.8) is 0 Å². The highest BCUT2D eigenvalue weighted by Gasteiger charge is 2.05. The van der Waals surface area contributed by atoms with Gasteiger partial charge < -0.3 is 15.4 Å². The van der Waals surface area contributed by atoms with Crippen molar-refractivity contribution >= 4 is 17.5 Å². The summed E-state index contributed by atoms with van der Waals surface area (Å²) in [6, 6.07) is 17.9. The first-order valence-corrected chi connectivity index (χ1v) is 7.77. The molecule has 1 heterocycles. The highest BCUT2D eigenvalue weighted by atomic mass is 16.5. The van der Waals surface area contributed by atoms with Gasteiger partial charge in [0, 0.05) is 12.7 Å². The Hall–Kier alpha value is -3.08. The lowest BCUT2D eigenvalue weighted by Gasteiger charge is -2.11. The summed E-state index contributed by atoms with van der Waals surface area (Å²) in [4.78, 5) is 8.75. The van der Waals surface area contributed by atoms with E-state index in [9.17, 15) is 0 Å². The molecule has 0 saturated carbocycles. The van der Waals surface area contributed by atoms with E-state index in [1.807, 2.05) is 30.3 Å². The Labute approximate surface area is 141 Å². The van der Waals surface area contributed by atoms with Crippen molar-refractivity contribution < 1.29 is 4.74 Å². The lowest BCUT2D eigenvalue weighted by Crippen LogP contribution is -2.04. The molecule has 5 heteroatoms. The fourth-order valence-electron chi connectivity index (χ4n) is 2.40. The van der Waals surface area contributed by atoms with Gasteiger partial charge in [-0.25, -0.2) is 4.98 Å². The molecular weight excluding hydrogens is 300 g/mol. The fraction of sp³-hybridized carbons (Fsp3) is 0.158. The van der Waals surface area contributed by atoms with Crippen LogP contribution in [0.15, 0.2) is 60.8 Å². The maximum absolute atomic E-state index is 5.33. The first-order chi connectivity index (χ1) is 11.7. The van der Waals surface area contributed by atoms with Gasteiger partial charge in [-0.3, -0.25) is 0 Å². The lowest BCUT2D eigenvalue weighted by atomic mass is 10.1. The normalized spacial score (nSPS) is 10.2. The predicted octanol–water partition coefficient (Wildman–Crippen LogP) is 4.15. The number of para-hydroxylation sites is 2. The molecule has 122 valence electrons. The molecule has 1 aromatic heterocycles.